The van der Waals surface area contributed by atoms with Gasteiger partial charge in [0.1, 0.15) is 0 Å². The van der Waals surface area contributed by atoms with Crippen LogP contribution in [0.1, 0.15) is 23.8 Å². The zero-order valence-corrected chi connectivity index (χ0v) is 16.3. The van der Waals surface area contributed by atoms with Gasteiger partial charge in [-0.2, -0.15) is 4.98 Å². The fourth-order valence-corrected chi connectivity index (χ4v) is 3.55. The van der Waals surface area contributed by atoms with Crippen LogP contribution < -0.4 is 4.90 Å². The van der Waals surface area contributed by atoms with Gasteiger partial charge in [-0.3, -0.25) is 4.79 Å². The molecular weight excluding hydrogens is 418 g/mol. The van der Waals surface area contributed by atoms with Crippen molar-refractivity contribution in [2.75, 3.05) is 11.4 Å². The number of carbonyl (C=O) groups is 1. The standard InChI is InChI=1S/C19H15BrClN3O2/c1-11-15(21)3-2-4-16(11)24-10-13(9-17(24)25)19-22-18(23-26-19)12-5-7-14(20)8-6-12/h2-8,13H,9-10H2,1H3. The molecule has 0 bridgehead atoms. The van der Waals surface area contributed by atoms with Crippen molar-refractivity contribution in [1.29, 1.82) is 0 Å². The smallest absolute Gasteiger partial charge is 0.232 e. The first kappa shape index (κ1) is 17.2. The molecule has 1 fully saturated rings. The van der Waals surface area contributed by atoms with Crippen molar-refractivity contribution in [3.63, 3.8) is 0 Å². The number of hydrogen-bond donors (Lipinski definition) is 0. The minimum atomic E-state index is -0.127. The molecule has 1 saturated heterocycles. The Morgan fingerprint density at radius 1 is 1.23 bits per heavy atom. The molecule has 7 heteroatoms. The summed E-state index contributed by atoms with van der Waals surface area (Å²) in [5.74, 6) is 0.914. The van der Waals surface area contributed by atoms with Gasteiger partial charge in [-0.1, -0.05) is 38.8 Å². The third kappa shape index (κ3) is 3.15. The molecule has 1 atom stereocenters. The summed E-state index contributed by atoms with van der Waals surface area (Å²) in [5.41, 5.74) is 2.59. The second-order valence-electron chi connectivity index (χ2n) is 6.25. The van der Waals surface area contributed by atoms with Crippen LogP contribution in [0.4, 0.5) is 5.69 Å². The largest absolute Gasteiger partial charge is 0.339 e. The number of hydrogen-bond acceptors (Lipinski definition) is 4. The van der Waals surface area contributed by atoms with Gasteiger partial charge in [0.2, 0.25) is 17.6 Å². The van der Waals surface area contributed by atoms with E-state index in [0.29, 0.717) is 29.7 Å². The van der Waals surface area contributed by atoms with Gasteiger partial charge in [0, 0.05) is 33.7 Å². The molecule has 132 valence electrons. The second-order valence-corrected chi connectivity index (χ2v) is 7.58. The van der Waals surface area contributed by atoms with Gasteiger partial charge in [0.05, 0.1) is 5.92 Å². The highest BCUT2D eigenvalue weighted by Crippen LogP contribution is 2.35. The number of rotatable bonds is 3. The Morgan fingerprint density at radius 2 is 2.00 bits per heavy atom. The lowest BCUT2D eigenvalue weighted by Crippen LogP contribution is -2.25. The van der Waals surface area contributed by atoms with Crippen molar-refractivity contribution < 1.29 is 9.32 Å². The highest BCUT2D eigenvalue weighted by atomic mass is 79.9. The number of nitrogens with zero attached hydrogens (tertiary/aromatic N) is 3. The third-order valence-electron chi connectivity index (χ3n) is 4.55. The van der Waals surface area contributed by atoms with Crippen molar-refractivity contribution >= 4 is 39.1 Å². The molecular formula is C19H15BrClN3O2. The van der Waals surface area contributed by atoms with Crippen LogP contribution in [0.15, 0.2) is 51.5 Å². The molecule has 1 unspecified atom stereocenters. The molecule has 0 radical (unpaired) electrons. The van der Waals surface area contributed by atoms with Crippen LogP contribution in [0.2, 0.25) is 5.02 Å². The fraction of sp³-hybridized carbons (Fsp3) is 0.211. The molecule has 5 nitrogen and oxygen atoms in total. The molecule has 26 heavy (non-hydrogen) atoms. The Hall–Kier alpha value is -2.18. The third-order valence-corrected chi connectivity index (χ3v) is 5.49. The number of benzene rings is 2. The Bertz CT molecular complexity index is 971. The molecule has 4 rings (SSSR count). The summed E-state index contributed by atoms with van der Waals surface area (Å²) in [6, 6.07) is 13.3. The topological polar surface area (TPSA) is 59.2 Å². The van der Waals surface area contributed by atoms with Crippen LogP contribution in [-0.4, -0.2) is 22.6 Å². The van der Waals surface area contributed by atoms with E-state index in [1.165, 1.54) is 0 Å². The zero-order chi connectivity index (χ0) is 18.3. The van der Waals surface area contributed by atoms with Crippen LogP contribution >= 0.6 is 27.5 Å². The maximum Gasteiger partial charge on any atom is 0.232 e. The van der Waals surface area contributed by atoms with Crippen molar-refractivity contribution in [1.82, 2.24) is 10.1 Å². The van der Waals surface area contributed by atoms with E-state index < -0.39 is 0 Å². The lowest BCUT2D eigenvalue weighted by atomic mass is 10.1. The summed E-state index contributed by atoms with van der Waals surface area (Å²) in [6.07, 6.45) is 0.341. The Morgan fingerprint density at radius 3 is 2.77 bits per heavy atom. The maximum atomic E-state index is 12.5. The van der Waals surface area contributed by atoms with Gasteiger partial charge >= 0.3 is 0 Å². The predicted molar refractivity (Wildman–Crippen MR) is 103 cm³/mol. The molecule has 1 amide bonds. The van der Waals surface area contributed by atoms with Gasteiger partial charge in [0.25, 0.3) is 0 Å². The maximum absolute atomic E-state index is 12.5. The van der Waals surface area contributed by atoms with E-state index in [9.17, 15) is 4.79 Å². The zero-order valence-electron chi connectivity index (χ0n) is 13.9. The SMILES string of the molecule is Cc1c(Cl)cccc1N1CC(c2nc(-c3ccc(Br)cc3)no2)CC1=O. The second kappa shape index (κ2) is 6.85. The predicted octanol–water partition coefficient (Wildman–Crippen LogP) is 4.98. The normalized spacial score (nSPS) is 17.1. The van der Waals surface area contributed by atoms with E-state index in [4.69, 9.17) is 16.1 Å². The Kier molecular flexibility index (Phi) is 4.54. The van der Waals surface area contributed by atoms with E-state index in [1.807, 2.05) is 49.4 Å². The van der Waals surface area contributed by atoms with Crippen LogP contribution in [0.25, 0.3) is 11.4 Å². The van der Waals surface area contributed by atoms with Gasteiger partial charge in [0.15, 0.2) is 0 Å². The monoisotopic (exact) mass is 431 g/mol. The van der Waals surface area contributed by atoms with Gasteiger partial charge in [-0.15, -0.1) is 0 Å². The van der Waals surface area contributed by atoms with Crippen LogP contribution in [0, 0.1) is 6.92 Å². The lowest BCUT2D eigenvalue weighted by molar-refractivity contribution is -0.117. The summed E-state index contributed by atoms with van der Waals surface area (Å²) in [6.45, 7) is 2.42. The minimum Gasteiger partial charge on any atom is -0.339 e. The van der Waals surface area contributed by atoms with Gasteiger partial charge < -0.3 is 9.42 Å². The highest BCUT2D eigenvalue weighted by Gasteiger charge is 2.35. The Labute approximate surface area is 164 Å². The first-order chi connectivity index (χ1) is 12.5. The number of aromatic nitrogens is 2. The lowest BCUT2D eigenvalue weighted by Gasteiger charge is -2.19. The number of halogens is 2. The molecule has 0 saturated carbocycles. The van der Waals surface area contributed by atoms with E-state index >= 15 is 0 Å². The molecule has 2 aromatic carbocycles. The molecule has 1 aliphatic heterocycles. The molecule has 0 spiro atoms. The summed E-state index contributed by atoms with van der Waals surface area (Å²) in [7, 11) is 0. The fourth-order valence-electron chi connectivity index (χ4n) is 3.11. The summed E-state index contributed by atoms with van der Waals surface area (Å²) in [5, 5.41) is 4.71. The first-order valence-corrected chi connectivity index (χ1v) is 9.35. The molecule has 0 N–H and O–H groups in total. The molecule has 1 aliphatic rings. The Balaban J connectivity index is 1.58. The van der Waals surface area contributed by atoms with Crippen LogP contribution in [-0.2, 0) is 4.79 Å². The minimum absolute atomic E-state index is 0.0313. The molecule has 0 aliphatic carbocycles. The van der Waals surface area contributed by atoms with E-state index in [2.05, 4.69) is 26.1 Å². The van der Waals surface area contributed by atoms with Crippen molar-refractivity contribution in [3.8, 4) is 11.4 Å². The van der Waals surface area contributed by atoms with Gasteiger partial charge in [-0.25, -0.2) is 0 Å². The summed E-state index contributed by atoms with van der Waals surface area (Å²) in [4.78, 5) is 18.8. The quantitative estimate of drug-likeness (QED) is 0.585. The first-order valence-electron chi connectivity index (χ1n) is 8.18. The molecule has 3 aromatic rings. The van der Waals surface area contributed by atoms with Gasteiger partial charge in [-0.05, 0) is 48.9 Å². The number of amides is 1. The summed E-state index contributed by atoms with van der Waals surface area (Å²) >= 11 is 9.60. The van der Waals surface area contributed by atoms with E-state index in [0.717, 1.165) is 21.3 Å². The van der Waals surface area contributed by atoms with E-state index in [-0.39, 0.29) is 11.8 Å². The number of anilines is 1. The van der Waals surface area contributed by atoms with Crippen LogP contribution in [0.5, 0.6) is 0 Å². The van der Waals surface area contributed by atoms with Crippen LogP contribution in [0.3, 0.4) is 0 Å². The van der Waals surface area contributed by atoms with Crippen molar-refractivity contribution in [3.05, 3.63) is 63.4 Å². The number of carbonyl (C=O) groups excluding carboxylic acids is 1. The average molecular weight is 433 g/mol. The highest BCUT2D eigenvalue weighted by molar-refractivity contribution is 9.10. The van der Waals surface area contributed by atoms with Crippen molar-refractivity contribution in [2.45, 2.75) is 19.3 Å². The average Bonchev–Trinajstić information content (AvgIpc) is 3.25. The molecule has 1 aromatic heterocycles. The van der Waals surface area contributed by atoms with E-state index in [1.54, 1.807) is 4.90 Å². The van der Waals surface area contributed by atoms with Crippen molar-refractivity contribution in [2.24, 2.45) is 0 Å². The molecule has 2 heterocycles. The summed E-state index contributed by atoms with van der Waals surface area (Å²) < 4.78 is 6.43.